The Kier molecular flexibility index (Phi) is 9.42. The van der Waals surface area contributed by atoms with Gasteiger partial charge in [0.1, 0.15) is 0 Å². The molecule has 67 heavy (non-hydrogen) atoms. The topological polar surface area (TPSA) is 30.7 Å². The van der Waals surface area contributed by atoms with E-state index in [0.29, 0.717) is 0 Å². The SMILES string of the molecule is c1ccc(-c2ccc(-c3cc(-c4ccc(-c5ccc6c(c5)C5(CCCCC5)c5cc7c8ccccc8n(-c8cccc(-c9ccccc9)c8)c7cc5-6)cc4)nc(-c4ccccc4)n3)cc2)cc1. The Balaban J connectivity index is 0.890. The van der Waals surface area contributed by atoms with Gasteiger partial charge in [-0.15, -0.1) is 0 Å². The number of benzene rings is 9. The van der Waals surface area contributed by atoms with Gasteiger partial charge >= 0.3 is 0 Å². The van der Waals surface area contributed by atoms with Crippen molar-refractivity contribution in [1.82, 2.24) is 14.5 Å². The van der Waals surface area contributed by atoms with E-state index in [-0.39, 0.29) is 5.41 Å². The third kappa shape index (κ3) is 6.72. The lowest BCUT2D eigenvalue weighted by atomic mass is 9.67. The Morgan fingerprint density at radius 1 is 0.328 bits per heavy atom. The van der Waals surface area contributed by atoms with Crippen LogP contribution in [0.3, 0.4) is 0 Å². The van der Waals surface area contributed by atoms with E-state index >= 15 is 0 Å². The van der Waals surface area contributed by atoms with Crippen LogP contribution in [0.15, 0.2) is 224 Å². The third-order valence-corrected chi connectivity index (χ3v) is 14.6. The van der Waals surface area contributed by atoms with Crippen molar-refractivity contribution < 1.29 is 0 Å². The number of fused-ring (bicyclic) bond motifs is 8. The van der Waals surface area contributed by atoms with Gasteiger partial charge in [-0.05, 0) is 111 Å². The smallest absolute Gasteiger partial charge is 0.160 e. The summed E-state index contributed by atoms with van der Waals surface area (Å²) in [5, 5.41) is 2.64. The predicted molar refractivity (Wildman–Crippen MR) is 278 cm³/mol. The standard InChI is InChI=1S/C64H47N3/c1-5-16-43(17-6-1)45-26-30-47(31-27-45)59-42-60(66-63(65-59)49-20-9-3-10-21-49)48-32-28-46(29-33-48)51-34-35-53-55-41-62-56(40-58(55)64(57(53)39-51)36-13-4-14-37-64)54-24-11-12-25-61(54)67(62)52-23-15-22-50(38-52)44-18-7-2-8-19-44/h1-3,5-12,15-35,38-42H,4,13-14,36-37H2. The van der Waals surface area contributed by atoms with E-state index < -0.39 is 0 Å². The number of hydrogen-bond donors (Lipinski definition) is 0. The second-order valence-electron chi connectivity index (χ2n) is 18.4. The Morgan fingerprint density at radius 3 is 1.51 bits per heavy atom. The Morgan fingerprint density at radius 2 is 0.836 bits per heavy atom. The summed E-state index contributed by atoms with van der Waals surface area (Å²) in [6.45, 7) is 0. The fraction of sp³-hybridized carbons (Fsp3) is 0.0938. The van der Waals surface area contributed by atoms with Gasteiger partial charge in [0.25, 0.3) is 0 Å². The third-order valence-electron chi connectivity index (χ3n) is 14.6. The molecule has 3 nitrogen and oxygen atoms in total. The van der Waals surface area contributed by atoms with Crippen molar-refractivity contribution in [3.8, 4) is 84.1 Å². The first kappa shape index (κ1) is 39.2. The maximum absolute atomic E-state index is 5.16. The van der Waals surface area contributed by atoms with Gasteiger partial charge in [-0.25, -0.2) is 9.97 Å². The van der Waals surface area contributed by atoms with Crippen LogP contribution in [0.2, 0.25) is 0 Å². The van der Waals surface area contributed by atoms with Gasteiger partial charge in [0.15, 0.2) is 5.82 Å². The Bertz CT molecular complexity index is 3620. The number of hydrogen-bond acceptors (Lipinski definition) is 2. The van der Waals surface area contributed by atoms with Crippen LogP contribution < -0.4 is 0 Å². The molecule has 13 rings (SSSR count). The van der Waals surface area contributed by atoms with Crippen molar-refractivity contribution in [1.29, 1.82) is 0 Å². The molecule has 318 valence electrons. The maximum atomic E-state index is 5.16. The molecule has 1 saturated carbocycles. The zero-order valence-electron chi connectivity index (χ0n) is 37.2. The van der Waals surface area contributed by atoms with Gasteiger partial charge in [-0.2, -0.15) is 0 Å². The first-order valence-electron chi connectivity index (χ1n) is 23.8. The molecule has 11 aromatic rings. The van der Waals surface area contributed by atoms with E-state index in [1.807, 2.05) is 18.2 Å². The van der Waals surface area contributed by atoms with Crippen LogP contribution in [0.4, 0.5) is 0 Å². The molecule has 0 aliphatic heterocycles. The number of nitrogens with zero attached hydrogens (tertiary/aromatic N) is 3. The fourth-order valence-electron chi connectivity index (χ4n) is 11.3. The highest BCUT2D eigenvalue weighted by Gasteiger charge is 2.44. The Labute approximate surface area is 391 Å². The number of aromatic nitrogens is 3. The summed E-state index contributed by atoms with van der Waals surface area (Å²) in [5.74, 6) is 0.721. The van der Waals surface area contributed by atoms with Crippen molar-refractivity contribution in [2.45, 2.75) is 37.5 Å². The largest absolute Gasteiger partial charge is 0.309 e. The minimum Gasteiger partial charge on any atom is -0.309 e. The minimum absolute atomic E-state index is 0.00597. The fourth-order valence-corrected chi connectivity index (χ4v) is 11.3. The monoisotopic (exact) mass is 857 g/mol. The van der Waals surface area contributed by atoms with Crippen molar-refractivity contribution in [3.63, 3.8) is 0 Å². The van der Waals surface area contributed by atoms with Crippen LogP contribution in [-0.4, -0.2) is 14.5 Å². The molecule has 0 amide bonds. The summed E-state index contributed by atoms with van der Waals surface area (Å²) in [6, 6.07) is 81.8. The maximum Gasteiger partial charge on any atom is 0.160 e. The van der Waals surface area contributed by atoms with Gasteiger partial charge in [0.2, 0.25) is 0 Å². The van der Waals surface area contributed by atoms with Crippen LogP contribution in [0.5, 0.6) is 0 Å². The molecular formula is C64H47N3. The average Bonchev–Trinajstić information content (AvgIpc) is 3.87. The van der Waals surface area contributed by atoms with E-state index in [2.05, 4.69) is 211 Å². The quantitative estimate of drug-likeness (QED) is 0.160. The van der Waals surface area contributed by atoms with E-state index in [0.717, 1.165) is 33.9 Å². The second kappa shape index (κ2) is 16.1. The van der Waals surface area contributed by atoms with Gasteiger partial charge in [-0.3, -0.25) is 0 Å². The molecule has 0 N–H and O–H groups in total. The highest BCUT2D eigenvalue weighted by Crippen LogP contribution is 2.58. The van der Waals surface area contributed by atoms with Crippen molar-refractivity contribution in [2.75, 3.05) is 0 Å². The van der Waals surface area contributed by atoms with Crippen molar-refractivity contribution in [2.24, 2.45) is 0 Å². The van der Waals surface area contributed by atoms with Crippen LogP contribution in [0.1, 0.15) is 43.2 Å². The summed E-state index contributed by atoms with van der Waals surface area (Å²) in [4.78, 5) is 10.3. The molecule has 0 atom stereocenters. The molecule has 2 aliphatic rings. The highest BCUT2D eigenvalue weighted by atomic mass is 15.0. The number of para-hydroxylation sites is 1. The van der Waals surface area contributed by atoms with Gasteiger partial charge in [0.05, 0.1) is 22.4 Å². The zero-order chi connectivity index (χ0) is 44.3. The van der Waals surface area contributed by atoms with Crippen LogP contribution >= 0.6 is 0 Å². The lowest BCUT2D eigenvalue weighted by Gasteiger charge is -2.36. The Hall–Kier alpha value is -8.14. The van der Waals surface area contributed by atoms with E-state index in [1.54, 1.807) is 0 Å². The van der Waals surface area contributed by atoms with Crippen molar-refractivity contribution >= 4 is 21.8 Å². The summed E-state index contributed by atoms with van der Waals surface area (Å²) in [7, 11) is 0. The van der Waals surface area contributed by atoms with E-state index in [9.17, 15) is 0 Å². The summed E-state index contributed by atoms with van der Waals surface area (Å²) >= 11 is 0. The highest BCUT2D eigenvalue weighted by molar-refractivity contribution is 6.11. The molecule has 1 fully saturated rings. The molecule has 0 saturated heterocycles. The second-order valence-corrected chi connectivity index (χ2v) is 18.4. The average molecular weight is 858 g/mol. The molecule has 0 bridgehead atoms. The lowest BCUT2D eigenvalue weighted by Crippen LogP contribution is -2.28. The summed E-state index contributed by atoms with van der Waals surface area (Å²) < 4.78 is 2.49. The summed E-state index contributed by atoms with van der Waals surface area (Å²) in [5.41, 5.74) is 21.7. The van der Waals surface area contributed by atoms with Crippen LogP contribution in [0, 0.1) is 0 Å². The molecule has 3 heteroatoms. The van der Waals surface area contributed by atoms with Gasteiger partial charge in [-0.1, -0.05) is 201 Å². The lowest BCUT2D eigenvalue weighted by molar-refractivity contribution is 0.353. The predicted octanol–water partition coefficient (Wildman–Crippen LogP) is 16.8. The molecule has 2 heterocycles. The first-order valence-corrected chi connectivity index (χ1v) is 23.8. The van der Waals surface area contributed by atoms with Crippen molar-refractivity contribution in [3.05, 3.63) is 236 Å². The molecule has 2 aromatic heterocycles. The number of rotatable bonds is 7. The molecule has 0 unspecified atom stereocenters. The first-order chi connectivity index (χ1) is 33.2. The molecule has 0 radical (unpaired) electrons. The minimum atomic E-state index is -0.00597. The molecule has 9 aromatic carbocycles. The van der Waals surface area contributed by atoms with E-state index in [1.165, 1.54) is 115 Å². The zero-order valence-corrected chi connectivity index (χ0v) is 37.2. The molecular weight excluding hydrogens is 811 g/mol. The summed E-state index contributed by atoms with van der Waals surface area (Å²) in [6.07, 6.45) is 6.13. The molecule has 2 aliphatic carbocycles. The van der Waals surface area contributed by atoms with E-state index in [4.69, 9.17) is 9.97 Å². The van der Waals surface area contributed by atoms with Crippen LogP contribution in [-0.2, 0) is 5.41 Å². The normalized spacial score (nSPS) is 13.8. The van der Waals surface area contributed by atoms with Gasteiger partial charge in [0, 0.05) is 38.6 Å². The van der Waals surface area contributed by atoms with Crippen LogP contribution in [0.25, 0.3) is 106 Å². The van der Waals surface area contributed by atoms with Gasteiger partial charge < -0.3 is 4.57 Å². The molecule has 1 spiro atoms.